The Bertz CT molecular complexity index is 2660. The van der Waals surface area contributed by atoms with E-state index in [2.05, 4.69) is 97.3 Å². The van der Waals surface area contributed by atoms with E-state index >= 15 is 0 Å². The predicted octanol–water partition coefficient (Wildman–Crippen LogP) is 9.99. The number of rotatable bonds is 29. The Labute approximate surface area is 491 Å². The number of hydrogen-bond acceptors (Lipinski definition) is 11. The first-order valence-corrected chi connectivity index (χ1v) is 30.6. The first-order valence-electron chi connectivity index (χ1n) is 28.7. The average Bonchev–Trinajstić information content (AvgIpc) is 4.28. The van der Waals surface area contributed by atoms with Gasteiger partial charge >= 0.3 is 0 Å². The first kappa shape index (κ1) is 64.3. The molecule has 438 valence electrons. The quantitative estimate of drug-likeness (QED) is 0.0443. The van der Waals surface area contributed by atoms with Crippen LogP contribution < -0.4 is 10.6 Å². The molecule has 1 aliphatic heterocycles. The number of likely N-dealkylation sites (N-methyl/N-ethyl adjacent to an activating group) is 2. The van der Waals surface area contributed by atoms with Crippen LogP contribution in [0.2, 0.25) is 0 Å². The summed E-state index contributed by atoms with van der Waals surface area (Å²) in [6, 6.07) is 38.8. The number of carbonyl (C=O) groups is 5. The van der Waals surface area contributed by atoms with Crippen molar-refractivity contribution in [1.82, 2.24) is 35.2 Å². The molecule has 1 aliphatic rings. The highest BCUT2D eigenvalue weighted by Crippen LogP contribution is 2.48. The Morgan fingerprint density at radius 3 is 1.80 bits per heavy atom. The van der Waals surface area contributed by atoms with E-state index < -0.39 is 53.1 Å². The van der Waals surface area contributed by atoms with Gasteiger partial charge in [-0.3, -0.25) is 28.9 Å². The summed E-state index contributed by atoms with van der Waals surface area (Å²) >= 11 is 3.14. The number of thioether (sulfide) groups is 1. The molecule has 0 spiro atoms. The molecule has 0 bridgehead atoms. The molecule has 14 nitrogen and oxygen atoms in total. The highest BCUT2D eigenvalue weighted by molar-refractivity contribution is 8.00. The minimum absolute atomic E-state index is 0.000484. The second-order valence-electron chi connectivity index (χ2n) is 22.6. The molecule has 16 heteroatoms. The normalized spacial score (nSPS) is 16.7. The van der Waals surface area contributed by atoms with Crippen molar-refractivity contribution >= 4 is 52.6 Å². The molecule has 9 atom stereocenters. The van der Waals surface area contributed by atoms with Crippen LogP contribution >= 0.6 is 23.1 Å². The maximum Gasteiger partial charge on any atom is 0.273 e. The van der Waals surface area contributed by atoms with Crippen LogP contribution in [0.3, 0.4) is 0 Å². The third-order valence-electron chi connectivity index (χ3n) is 16.2. The molecule has 2 heterocycles. The molecule has 1 saturated heterocycles. The van der Waals surface area contributed by atoms with E-state index in [9.17, 15) is 24.0 Å². The van der Waals surface area contributed by atoms with Crippen LogP contribution in [0.1, 0.15) is 118 Å². The van der Waals surface area contributed by atoms with Crippen LogP contribution in [0.4, 0.5) is 0 Å². The van der Waals surface area contributed by atoms with E-state index in [4.69, 9.17) is 14.5 Å². The van der Waals surface area contributed by atoms with Gasteiger partial charge in [-0.15, -0.1) is 23.1 Å². The Hall–Kier alpha value is -5.91. The Morgan fingerprint density at radius 1 is 0.753 bits per heavy atom. The Kier molecular flexibility index (Phi) is 24.1. The second-order valence-corrected chi connectivity index (χ2v) is 24.8. The zero-order valence-corrected chi connectivity index (χ0v) is 51.7. The lowest BCUT2D eigenvalue weighted by Gasteiger charge is -2.41. The number of carbonyl (C=O) groups excluding carboxylic acids is 5. The van der Waals surface area contributed by atoms with Crippen LogP contribution in [0.15, 0.2) is 127 Å². The van der Waals surface area contributed by atoms with E-state index in [1.807, 2.05) is 114 Å². The predicted molar refractivity (Wildman–Crippen MR) is 327 cm³/mol. The number of hydrogen-bond donors (Lipinski definition) is 2. The summed E-state index contributed by atoms with van der Waals surface area (Å²) in [5.74, 6) is -1.35. The molecule has 6 rings (SSSR count). The van der Waals surface area contributed by atoms with E-state index in [0.717, 1.165) is 35.1 Å². The second kappa shape index (κ2) is 30.4. The summed E-state index contributed by atoms with van der Waals surface area (Å²) in [7, 11) is 10.4. The number of methoxy groups -OCH3 is 2. The van der Waals surface area contributed by atoms with Crippen LogP contribution in [0, 0.1) is 23.7 Å². The molecular formula is C65H89N7O7S2. The molecule has 0 aliphatic carbocycles. The topological polar surface area (TPSA) is 154 Å². The van der Waals surface area contributed by atoms with Crippen molar-refractivity contribution in [2.75, 3.05) is 61.3 Å². The summed E-state index contributed by atoms with van der Waals surface area (Å²) in [6.07, 6.45) is 1.20. The molecule has 1 fully saturated rings. The van der Waals surface area contributed by atoms with Crippen LogP contribution in [-0.4, -0.2) is 152 Å². The van der Waals surface area contributed by atoms with E-state index in [-0.39, 0.29) is 53.7 Å². The van der Waals surface area contributed by atoms with Gasteiger partial charge in [0, 0.05) is 52.5 Å². The van der Waals surface area contributed by atoms with Gasteiger partial charge < -0.3 is 34.8 Å². The van der Waals surface area contributed by atoms with Gasteiger partial charge in [0.1, 0.15) is 16.7 Å². The monoisotopic (exact) mass is 1140 g/mol. The summed E-state index contributed by atoms with van der Waals surface area (Å²) in [5, 5.41) is 8.75. The van der Waals surface area contributed by atoms with Gasteiger partial charge in [0.25, 0.3) is 5.91 Å². The van der Waals surface area contributed by atoms with Gasteiger partial charge in [0.15, 0.2) is 0 Å². The van der Waals surface area contributed by atoms with Crippen molar-refractivity contribution in [1.29, 1.82) is 0 Å². The lowest BCUT2D eigenvalue weighted by Crippen LogP contribution is -2.59. The van der Waals surface area contributed by atoms with Gasteiger partial charge in [0.2, 0.25) is 23.6 Å². The maximum atomic E-state index is 14.7. The van der Waals surface area contributed by atoms with Crippen LogP contribution in [-0.2, 0) is 39.8 Å². The lowest BCUT2D eigenvalue weighted by molar-refractivity contribution is -0.148. The average molecular weight is 1140 g/mol. The summed E-state index contributed by atoms with van der Waals surface area (Å²) in [5.41, 5.74) is 4.76. The summed E-state index contributed by atoms with van der Waals surface area (Å²) < 4.78 is 11.8. The smallest absolute Gasteiger partial charge is 0.273 e. The molecule has 5 amide bonds. The van der Waals surface area contributed by atoms with Crippen molar-refractivity contribution in [3.63, 3.8) is 0 Å². The van der Waals surface area contributed by atoms with Crippen molar-refractivity contribution in [2.45, 2.75) is 128 Å². The molecule has 2 N–H and O–H groups in total. The van der Waals surface area contributed by atoms with Crippen molar-refractivity contribution in [3.05, 3.63) is 160 Å². The van der Waals surface area contributed by atoms with Crippen LogP contribution in [0.5, 0.6) is 0 Å². The van der Waals surface area contributed by atoms with Gasteiger partial charge in [-0.25, -0.2) is 4.98 Å². The number of amides is 5. The fourth-order valence-corrected chi connectivity index (χ4v) is 14.1. The lowest BCUT2D eigenvalue weighted by atomic mass is 9.84. The minimum Gasteiger partial charge on any atom is -0.379 e. The van der Waals surface area contributed by atoms with Crippen LogP contribution in [0.25, 0.3) is 0 Å². The third-order valence-corrected chi connectivity index (χ3v) is 18.7. The number of ether oxygens (including phenoxy) is 2. The van der Waals surface area contributed by atoms with Gasteiger partial charge in [-0.05, 0) is 73.4 Å². The van der Waals surface area contributed by atoms with E-state index in [0.29, 0.717) is 42.4 Å². The van der Waals surface area contributed by atoms with Gasteiger partial charge in [-0.1, -0.05) is 176 Å². The zero-order valence-electron chi connectivity index (χ0n) is 50.0. The summed E-state index contributed by atoms with van der Waals surface area (Å²) in [6.45, 7) is 14.7. The van der Waals surface area contributed by atoms with Crippen molar-refractivity contribution < 1.29 is 33.4 Å². The van der Waals surface area contributed by atoms with E-state index in [1.54, 1.807) is 48.2 Å². The largest absolute Gasteiger partial charge is 0.379 e. The number of likely N-dealkylation sites (tertiary alicyclic amines) is 1. The molecule has 8 unspecified atom stereocenters. The number of benzene rings is 4. The molecule has 0 radical (unpaired) electrons. The van der Waals surface area contributed by atoms with Crippen molar-refractivity contribution in [2.24, 2.45) is 23.7 Å². The van der Waals surface area contributed by atoms with E-state index in [1.165, 1.54) is 11.3 Å². The van der Waals surface area contributed by atoms with Gasteiger partial charge in [-0.2, -0.15) is 0 Å². The number of nitrogens with zero attached hydrogens (tertiary/aromatic N) is 5. The molecule has 4 aromatic carbocycles. The zero-order chi connectivity index (χ0) is 59.0. The van der Waals surface area contributed by atoms with Crippen molar-refractivity contribution in [3.8, 4) is 0 Å². The SMILES string of the molecule is CCC(C)C(C(CC(=O)N1CCC[C@H]1C(OC)C(C)C(=O)NC(Cc1ccccc1)c1nc(C(=O)N(C)CCSC(c2ccccc2)(c2ccccc2)c2ccccc2)cs1)OC)N(C)C(=O)C(NC(=O)C(C(C)C)N(C)C)C(C)C. The number of nitrogens with one attached hydrogen (secondary N) is 2. The fraction of sp³-hybridized carbons (Fsp3) is 0.508. The minimum atomic E-state index is -0.788. The fourth-order valence-electron chi connectivity index (χ4n) is 11.7. The molecule has 1 aromatic heterocycles. The third kappa shape index (κ3) is 15.8. The number of thiazole rings is 1. The maximum absolute atomic E-state index is 14.7. The molecule has 5 aromatic rings. The summed E-state index contributed by atoms with van der Waals surface area (Å²) in [4.78, 5) is 83.7. The molecule has 0 saturated carbocycles. The van der Waals surface area contributed by atoms with Gasteiger partial charge in [0.05, 0.1) is 53.5 Å². The highest BCUT2D eigenvalue weighted by atomic mass is 32.2. The first-order chi connectivity index (χ1) is 38.8. The highest BCUT2D eigenvalue weighted by Gasteiger charge is 2.44. The molecule has 81 heavy (non-hydrogen) atoms. The number of aromatic nitrogens is 1. The molecular weight excluding hydrogens is 1050 g/mol. The Balaban J connectivity index is 1.16. The Morgan fingerprint density at radius 2 is 1.31 bits per heavy atom. The standard InChI is InChI=1S/C65H89N7O7S2/c1-14-45(6)58(71(11)64(77)56(43(2)3)68-61(75)57(44(4)5)69(8)9)54(78-12)41-55(73)72-37-27-36-53(72)59(79-13)46(7)60(74)66-51(40-47-28-19-15-20-29-47)62-67-52(42-80-62)63(76)70(10)38-39-81-65(48-30-21-16-22-31-48,49-32-23-17-24-33-49)50-34-25-18-26-35-50/h15-26,28-35,42-46,51,53-54,56-59H,14,27,36-41H2,1-13H3,(H,66,74)(H,68,75)/t45?,46?,51?,53-,54?,56?,57?,58?,59?/m0/s1.